The van der Waals surface area contributed by atoms with Gasteiger partial charge in [-0.3, -0.25) is 9.78 Å². The smallest absolute Gasteiger partial charge is 0.337 e. The fourth-order valence-electron chi connectivity index (χ4n) is 2.66. The predicted molar refractivity (Wildman–Crippen MR) is 100 cm³/mol. The van der Waals surface area contributed by atoms with Gasteiger partial charge < -0.3 is 9.72 Å². The maximum atomic E-state index is 12.5. The van der Waals surface area contributed by atoms with Crippen molar-refractivity contribution in [2.45, 2.75) is 0 Å². The molecule has 1 aromatic carbocycles. The van der Waals surface area contributed by atoms with Crippen molar-refractivity contribution >= 4 is 28.2 Å². The highest BCUT2D eigenvalue weighted by Gasteiger charge is 2.12. The zero-order valence-electron chi connectivity index (χ0n) is 13.7. The Labute approximate surface area is 152 Å². The number of thiazole rings is 1. The topological polar surface area (TPSA) is 84.9 Å². The Balaban J connectivity index is 1.78. The van der Waals surface area contributed by atoms with Gasteiger partial charge in [0.2, 0.25) is 0 Å². The van der Waals surface area contributed by atoms with Crippen LogP contribution in [0.3, 0.4) is 0 Å². The number of aromatic amines is 1. The van der Waals surface area contributed by atoms with E-state index in [4.69, 9.17) is 4.74 Å². The number of methoxy groups -OCH3 is 1. The first kappa shape index (κ1) is 16.2. The van der Waals surface area contributed by atoms with E-state index in [1.165, 1.54) is 18.4 Å². The molecule has 4 aromatic rings. The number of hydrogen-bond acceptors (Lipinski definition) is 6. The lowest BCUT2D eigenvalue weighted by molar-refractivity contribution is 0.0601. The van der Waals surface area contributed by atoms with E-state index in [9.17, 15) is 9.59 Å². The lowest BCUT2D eigenvalue weighted by atomic mass is 10.1. The summed E-state index contributed by atoms with van der Waals surface area (Å²) in [5, 5.41) is 3.49. The van der Waals surface area contributed by atoms with E-state index in [0.717, 1.165) is 16.0 Å². The van der Waals surface area contributed by atoms with Crippen molar-refractivity contribution in [3.8, 4) is 21.8 Å². The van der Waals surface area contributed by atoms with Crippen LogP contribution < -0.4 is 5.56 Å². The van der Waals surface area contributed by atoms with Crippen molar-refractivity contribution in [1.82, 2.24) is 15.0 Å². The van der Waals surface area contributed by atoms with Crippen LogP contribution in [0.1, 0.15) is 10.4 Å². The fraction of sp³-hybridized carbons (Fsp3) is 0.0526. The zero-order valence-corrected chi connectivity index (χ0v) is 14.5. The quantitative estimate of drug-likeness (QED) is 0.563. The first-order valence-corrected chi connectivity index (χ1v) is 8.65. The van der Waals surface area contributed by atoms with E-state index in [2.05, 4.69) is 15.0 Å². The van der Waals surface area contributed by atoms with Crippen LogP contribution in [0.5, 0.6) is 0 Å². The summed E-state index contributed by atoms with van der Waals surface area (Å²) in [6.07, 6.45) is 3.41. The Morgan fingerprint density at radius 2 is 1.96 bits per heavy atom. The highest BCUT2D eigenvalue weighted by molar-refractivity contribution is 7.13. The van der Waals surface area contributed by atoms with E-state index in [1.807, 2.05) is 17.5 Å². The van der Waals surface area contributed by atoms with Crippen molar-refractivity contribution in [1.29, 1.82) is 0 Å². The molecule has 0 bridgehead atoms. The second kappa shape index (κ2) is 6.53. The number of nitrogens with one attached hydrogen (secondary N) is 1. The molecule has 26 heavy (non-hydrogen) atoms. The molecule has 0 fully saturated rings. The molecule has 3 aromatic heterocycles. The standard InChI is InChI=1S/C19H13N3O3S/c1-25-19(24)13-3-2-12-8-14(17(23)21-15(12)9-13)16-10-26-18(22-16)11-4-6-20-7-5-11/h2-10H,1H3,(H,21,23). The van der Waals surface area contributed by atoms with Crippen molar-refractivity contribution in [3.63, 3.8) is 0 Å². The molecule has 0 saturated carbocycles. The summed E-state index contributed by atoms with van der Waals surface area (Å²) in [5.74, 6) is -0.446. The second-order valence-electron chi connectivity index (χ2n) is 5.58. The number of nitrogens with zero attached hydrogens (tertiary/aromatic N) is 2. The predicted octanol–water partition coefficient (Wildman–Crippen LogP) is 3.50. The molecule has 7 heteroatoms. The van der Waals surface area contributed by atoms with Gasteiger partial charge in [0.15, 0.2) is 0 Å². The molecule has 0 unspecified atom stereocenters. The lowest BCUT2D eigenvalue weighted by Crippen LogP contribution is -2.09. The minimum absolute atomic E-state index is 0.258. The highest BCUT2D eigenvalue weighted by Crippen LogP contribution is 2.28. The van der Waals surface area contributed by atoms with Gasteiger partial charge in [0.05, 0.1) is 23.9 Å². The molecule has 128 valence electrons. The van der Waals surface area contributed by atoms with Crippen LogP contribution in [-0.4, -0.2) is 28.0 Å². The number of benzene rings is 1. The maximum Gasteiger partial charge on any atom is 0.337 e. The largest absolute Gasteiger partial charge is 0.465 e. The Morgan fingerprint density at radius 3 is 2.73 bits per heavy atom. The van der Waals surface area contributed by atoms with E-state index < -0.39 is 5.97 Å². The van der Waals surface area contributed by atoms with E-state index in [1.54, 1.807) is 36.7 Å². The number of carbonyl (C=O) groups is 1. The molecule has 0 aliphatic heterocycles. The summed E-state index contributed by atoms with van der Waals surface area (Å²) in [7, 11) is 1.32. The normalized spacial score (nSPS) is 10.8. The van der Waals surface area contributed by atoms with Crippen molar-refractivity contribution in [2.75, 3.05) is 7.11 Å². The van der Waals surface area contributed by atoms with Gasteiger partial charge in [-0.2, -0.15) is 0 Å². The molecule has 0 atom stereocenters. The number of esters is 1. The summed E-state index contributed by atoms with van der Waals surface area (Å²) in [5.41, 5.74) is 2.76. The third-order valence-electron chi connectivity index (χ3n) is 3.97. The van der Waals surface area contributed by atoms with Crippen LogP contribution in [0.15, 0.2) is 59.0 Å². The average molecular weight is 363 g/mol. The Morgan fingerprint density at radius 1 is 1.15 bits per heavy atom. The molecule has 4 rings (SSSR count). The Bertz CT molecular complexity index is 1170. The molecule has 0 spiro atoms. The summed E-state index contributed by atoms with van der Waals surface area (Å²) in [6, 6.07) is 10.6. The Hall–Kier alpha value is -3.32. The highest BCUT2D eigenvalue weighted by atomic mass is 32.1. The average Bonchev–Trinajstić information content (AvgIpc) is 3.17. The molecule has 1 N–H and O–H groups in total. The number of rotatable bonds is 3. The number of aromatic nitrogens is 3. The van der Waals surface area contributed by atoms with Crippen LogP contribution in [0, 0.1) is 0 Å². The summed E-state index contributed by atoms with van der Waals surface area (Å²) in [4.78, 5) is 35.5. The number of H-pyrrole nitrogens is 1. The van der Waals surface area contributed by atoms with Gasteiger partial charge in [0.25, 0.3) is 5.56 Å². The number of hydrogen-bond donors (Lipinski definition) is 1. The molecular formula is C19H13N3O3S. The number of carbonyl (C=O) groups excluding carboxylic acids is 1. The molecule has 0 aliphatic carbocycles. The van der Waals surface area contributed by atoms with Crippen molar-refractivity contribution < 1.29 is 9.53 Å². The van der Waals surface area contributed by atoms with Crippen molar-refractivity contribution in [3.05, 3.63) is 70.1 Å². The summed E-state index contributed by atoms with van der Waals surface area (Å²) < 4.78 is 4.71. The van der Waals surface area contributed by atoms with E-state index in [0.29, 0.717) is 22.3 Å². The van der Waals surface area contributed by atoms with Crippen LogP contribution in [0.4, 0.5) is 0 Å². The first-order chi connectivity index (χ1) is 12.7. The third kappa shape index (κ3) is 2.89. The molecule has 0 aliphatic rings. The van der Waals surface area contributed by atoms with Crippen LogP contribution in [-0.2, 0) is 4.74 Å². The minimum atomic E-state index is -0.446. The van der Waals surface area contributed by atoms with Crippen LogP contribution in [0.25, 0.3) is 32.7 Å². The van der Waals surface area contributed by atoms with Gasteiger partial charge >= 0.3 is 5.97 Å². The molecule has 6 nitrogen and oxygen atoms in total. The molecule has 3 heterocycles. The third-order valence-corrected chi connectivity index (χ3v) is 4.87. The Kier molecular flexibility index (Phi) is 4.06. The van der Waals surface area contributed by atoms with Gasteiger partial charge in [-0.1, -0.05) is 6.07 Å². The monoisotopic (exact) mass is 363 g/mol. The van der Waals surface area contributed by atoms with Crippen molar-refractivity contribution in [2.24, 2.45) is 0 Å². The molecule has 0 radical (unpaired) electrons. The molecular weight excluding hydrogens is 350 g/mol. The first-order valence-electron chi connectivity index (χ1n) is 7.77. The molecule has 0 amide bonds. The maximum absolute atomic E-state index is 12.5. The second-order valence-corrected chi connectivity index (χ2v) is 6.44. The number of ether oxygens (including phenoxy) is 1. The SMILES string of the molecule is COC(=O)c1ccc2cc(-c3csc(-c4ccncc4)n3)c(=O)[nH]c2c1. The van der Waals surface area contributed by atoms with Gasteiger partial charge in [-0.25, -0.2) is 9.78 Å². The van der Waals surface area contributed by atoms with Gasteiger partial charge in [0, 0.05) is 28.9 Å². The summed E-state index contributed by atoms with van der Waals surface area (Å²) >= 11 is 1.47. The molecule has 0 saturated heterocycles. The van der Waals surface area contributed by atoms with Gasteiger partial charge in [-0.15, -0.1) is 11.3 Å². The minimum Gasteiger partial charge on any atom is -0.465 e. The van der Waals surface area contributed by atoms with E-state index in [-0.39, 0.29) is 5.56 Å². The van der Waals surface area contributed by atoms with Gasteiger partial charge in [-0.05, 0) is 35.7 Å². The van der Waals surface area contributed by atoms with Gasteiger partial charge in [0.1, 0.15) is 5.01 Å². The summed E-state index contributed by atoms with van der Waals surface area (Å²) in [6.45, 7) is 0. The number of fused-ring (bicyclic) bond motifs is 1. The van der Waals surface area contributed by atoms with E-state index >= 15 is 0 Å². The zero-order chi connectivity index (χ0) is 18.1. The number of pyridine rings is 2. The van der Waals surface area contributed by atoms with Crippen LogP contribution in [0.2, 0.25) is 0 Å². The van der Waals surface area contributed by atoms with Crippen LogP contribution >= 0.6 is 11.3 Å². The lowest BCUT2D eigenvalue weighted by Gasteiger charge is -2.04. The fourth-order valence-corrected chi connectivity index (χ4v) is 3.49.